The highest BCUT2D eigenvalue weighted by Gasteiger charge is 2.14. The lowest BCUT2D eigenvalue weighted by atomic mass is 10.1. The second-order valence-electron chi connectivity index (χ2n) is 6.35. The summed E-state index contributed by atoms with van der Waals surface area (Å²) < 4.78 is 6.44. The van der Waals surface area contributed by atoms with Gasteiger partial charge >= 0.3 is 5.97 Å². The quantitative estimate of drug-likeness (QED) is 0.411. The number of ether oxygens (including phenoxy) is 1. The van der Waals surface area contributed by atoms with E-state index in [2.05, 4.69) is 15.0 Å². The zero-order valence-corrected chi connectivity index (χ0v) is 15.5. The van der Waals surface area contributed by atoms with Gasteiger partial charge in [-0.3, -0.25) is 4.79 Å². The summed E-state index contributed by atoms with van der Waals surface area (Å²) in [7, 11) is 1.25. The number of methoxy groups -OCH3 is 1. The summed E-state index contributed by atoms with van der Waals surface area (Å²) in [5.41, 5.74) is 3.18. The predicted molar refractivity (Wildman–Crippen MR) is 108 cm³/mol. The monoisotopic (exact) mass is 387 g/mol. The van der Waals surface area contributed by atoms with Crippen molar-refractivity contribution in [2.24, 2.45) is 0 Å². The molecule has 2 N–H and O–H groups in total. The summed E-state index contributed by atoms with van der Waals surface area (Å²) in [5, 5.41) is 12.7. The Morgan fingerprint density at radius 3 is 2.55 bits per heavy atom. The van der Waals surface area contributed by atoms with Crippen LogP contribution in [0.4, 0.5) is 5.69 Å². The molecule has 0 saturated carbocycles. The summed E-state index contributed by atoms with van der Waals surface area (Å²) in [6.07, 6.45) is 3.65. The maximum Gasteiger partial charge on any atom is 0.337 e. The number of nitrogens with one attached hydrogen (secondary N) is 1. The first kappa shape index (κ1) is 18.2. The zero-order chi connectivity index (χ0) is 20.4. The van der Waals surface area contributed by atoms with Gasteiger partial charge in [0.25, 0.3) is 5.91 Å². The number of anilines is 1. The Bertz CT molecular complexity index is 1220. The molecule has 7 heteroatoms. The number of aromatic nitrogens is 2. The van der Waals surface area contributed by atoms with Crippen LogP contribution in [0.2, 0.25) is 0 Å². The smallest absolute Gasteiger partial charge is 0.337 e. The maximum absolute atomic E-state index is 12.6. The van der Waals surface area contributed by atoms with E-state index in [0.717, 1.165) is 11.3 Å². The third kappa shape index (κ3) is 3.66. The van der Waals surface area contributed by atoms with Crippen molar-refractivity contribution in [2.45, 2.75) is 0 Å². The van der Waals surface area contributed by atoms with E-state index >= 15 is 0 Å². The molecule has 2 heterocycles. The average Bonchev–Trinajstić information content (AvgIpc) is 3.18. The molecule has 0 bridgehead atoms. The van der Waals surface area contributed by atoms with Crippen LogP contribution >= 0.6 is 0 Å². The molecular weight excluding hydrogens is 370 g/mol. The van der Waals surface area contributed by atoms with Crippen LogP contribution in [0.25, 0.3) is 16.9 Å². The van der Waals surface area contributed by atoms with Gasteiger partial charge in [0, 0.05) is 23.5 Å². The van der Waals surface area contributed by atoms with Gasteiger partial charge in [0.15, 0.2) is 0 Å². The number of nitrogens with zero attached hydrogens (tertiary/aromatic N) is 2. The standard InChI is InChI=1S/C22H17N3O4/c1-29-22(28)16-7-8-17(19(26)11-16)24-21(27)15-9-10-25-13-18(23-20(25)12-15)14-5-3-2-4-6-14/h2-13,26H,1H3,(H,24,27). The number of pyridine rings is 1. The fourth-order valence-electron chi connectivity index (χ4n) is 2.95. The topological polar surface area (TPSA) is 92.9 Å². The molecule has 0 aliphatic heterocycles. The molecule has 7 nitrogen and oxygen atoms in total. The summed E-state index contributed by atoms with van der Waals surface area (Å²) in [4.78, 5) is 28.7. The van der Waals surface area contributed by atoms with Crippen LogP contribution in [-0.2, 0) is 4.74 Å². The van der Waals surface area contributed by atoms with Crippen molar-refractivity contribution in [3.8, 4) is 17.0 Å². The second-order valence-corrected chi connectivity index (χ2v) is 6.35. The van der Waals surface area contributed by atoms with E-state index in [1.165, 1.54) is 25.3 Å². The van der Waals surface area contributed by atoms with Crippen molar-refractivity contribution >= 4 is 23.2 Å². The van der Waals surface area contributed by atoms with Gasteiger partial charge in [0.05, 0.1) is 24.1 Å². The molecule has 0 atom stereocenters. The number of phenols is 1. The largest absolute Gasteiger partial charge is 0.506 e. The van der Waals surface area contributed by atoms with Gasteiger partial charge in [-0.25, -0.2) is 9.78 Å². The van der Waals surface area contributed by atoms with Crippen molar-refractivity contribution in [2.75, 3.05) is 12.4 Å². The number of esters is 1. The molecule has 2 aromatic heterocycles. The number of hydrogen-bond donors (Lipinski definition) is 2. The number of carbonyl (C=O) groups excluding carboxylic acids is 2. The fraction of sp³-hybridized carbons (Fsp3) is 0.0455. The Morgan fingerprint density at radius 1 is 1.03 bits per heavy atom. The first-order chi connectivity index (χ1) is 14.0. The highest BCUT2D eigenvalue weighted by molar-refractivity contribution is 6.05. The Labute approximate surface area is 166 Å². The van der Waals surface area contributed by atoms with E-state index in [4.69, 9.17) is 0 Å². The summed E-state index contributed by atoms with van der Waals surface area (Å²) >= 11 is 0. The molecule has 0 radical (unpaired) electrons. The highest BCUT2D eigenvalue weighted by atomic mass is 16.5. The molecular formula is C22H17N3O4. The van der Waals surface area contributed by atoms with Crippen LogP contribution in [0.15, 0.2) is 73.1 Å². The minimum Gasteiger partial charge on any atom is -0.506 e. The van der Waals surface area contributed by atoms with E-state index < -0.39 is 11.9 Å². The molecule has 0 aliphatic carbocycles. The number of fused-ring (bicyclic) bond motifs is 1. The van der Waals surface area contributed by atoms with Gasteiger partial charge in [0.1, 0.15) is 11.4 Å². The average molecular weight is 387 g/mol. The van der Waals surface area contributed by atoms with Crippen LogP contribution in [0.1, 0.15) is 20.7 Å². The van der Waals surface area contributed by atoms with Crippen LogP contribution in [-0.4, -0.2) is 33.5 Å². The van der Waals surface area contributed by atoms with Crippen molar-refractivity contribution < 1.29 is 19.4 Å². The van der Waals surface area contributed by atoms with E-state index in [-0.39, 0.29) is 17.0 Å². The van der Waals surface area contributed by atoms with Crippen LogP contribution in [0, 0.1) is 0 Å². The molecule has 144 valence electrons. The maximum atomic E-state index is 12.6. The number of benzene rings is 2. The lowest BCUT2D eigenvalue weighted by Crippen LogP contribution is -2.12. The molecule has 29 heavy (non-hydrogen) atoms. The van der Waals surface area contributed by atoms with Gasteiger partial charge < -0.3 is 19.6 Å². The molecule has 0 spiro atoms. The fourth-order valence-corrected chi connectivity index (χ4v) is 2.95. The Balaban J connectivity index is 1.58. The van der Waals surface area contributed by atoms with Gasteiger partial charge in [-0.1, -0.05) is 30.3 Å². The molecule has 4 aromatic rings. The first-order valence-corrected chi connectivity index (χ1v) is 8.82. The van der Waals surface area contributed by atoms with Crippen molar-refractivity contribution in [3.63, 3.8) is 0 Å². The third-order valence-electron chi connectivity index (χ3n) is 4.46. The van der Waals surface area contributed by atoms with E-state index in [1.807, 2.05) is 40.9 Å². The summed E-state index contributed by atoms with van der Waals surface area (Å²) in [5.74, 6) is -1.20. The van der Waals surface area contributed by atoms with Crippen molar-refractivity contribution in [1.82, 2.24) is 9.38 Å². The normalized spacial score (nSPS) is 10.7. The number of imidazole rings is 1. The summed E-state index contributed by atoms with van der Waals surface area (Å²) in [6.45, 7) is 0. The molecule has 1 amide bonds. The SMILES string of the molecule is COC(=O)c1ccc(NC(=O)c2ccn3cc(-c4ccccc4)nc3c2)c(O)c1. The van der Waals surface area contributed by atoms with E-state index in [9.17, 15) is 14.7 Å². The lowest BCUT2D eigenvalue weighted by molar-refractivity contribution is 0.0600. The first-order valence-electron chi connectivity index (χ1n) is 8.82. The molecule has 0 fully saturated rings. The minimum atomic E-state index is -0.572. The van der Waals surface area contributed by atoms with Crippen LogP contribution < -0.4 is 5.32 Å². The van der Waals surface area contributed by atoms with Gasteiger partial charge in [-0.15, -0.1) is 0 Å². The van der Waals surface area contributed by atoms with E-state index in [1.54, 1.807) is 18.3 Å². The van der Waals surface area contributed by atoms with Crippen molar-refractivity contribution in [1.29, 1.82) is 0 Å². The highest BCUT2D eigenvalue weighted by Crippen LogP contribution is 2.25. The number of amides is 1. The van der Waals surface area contributed by atoms with Gasteiger partial charge in [-0.05, 0) is 30.3 Å². The number of hydrogen-bond acceptors (Lipinski definition) is 5. The van der Waals surface area contributed by atoms with Crippen LogP contribution in [0.5, 0.6) is 5.75 Å². The lowest BCUT2D eigenvalue weighted by Gasteiger charge is -2.09. The molecule has 4 rings (SSSR count). The van der Waals surface area contributed by atoms with Gasteiger partial charge in [-0.2, -0.15) is 0 Å². The number of rotatable bonds is 4. The Morgan fingerprint density at radius 2 is 1.83 bits per heavy atom. The van der Waals surface area contributed by atoms with E-state index in [0.29, 0.717) is 11.2 Å². The predicted octanol–water partition coefficient (Wildman–Crippen LogP) is 3.75. The molecule has 0 aliphatic rings. The van der Waals surface area contributed by atoms with Gasteiger partial charge in [0.2, 0.25) is 0 Å². The number of phenolic OH excluding ortho intramolecular Hbond substituents is 1. The zero-order valence-electron chi connectivity index (χ0n) is 15.5. The summed E-state index contributed by atoms with van der Waals surface area (Å²) in [6, 6.07) is 17.2. The number of aromatic hydroxyl groups is 1. The number of carbonyl (C=O) groups is 2. The molecule has 2 aromatic carbocycles. The Hall–Kier alpha value is -4.13. The van der Waals surface area contributed by atoms with Crippen LogP contribution in [0.3, 0.4) is 0 Å². The molecule has 0 unspecified atom stereocenters. The third-order valence-corrected chi connectivity index (χ3v) is 4.46. The van der Waals surface area contributed by atoms with Crippen molar-refractivity contribution in [3.05, 3.63) is 84.2 Å². The second kappa shape index (κ2) is 7.47. The molecule has 0 saturated heterocycles. The minimum absolute atomic E-state index is 0.190. The Kier molecular flexibility index (Phi) is 4.70.